The highest BCUT2D eigenvalue weighted by molar-refractivity contribution is 6.34. The molecule has 1 amide bonds. The Morgan fingerprint density at radius 1 is 1.44 bits per heavy atom. The summed E-state index contributed by atoms with van der Waals surface area (Å²) < 4.78 is 0. The van der Waals surface area contributed by atoms with Gasteiger partial charge in [-0.25, -0.2) is 0 Å². The number of aromatic nitrogens is 2. The number of carbonyl (C=O) groups excluding carboxylic acids is 1. The van der Waals surface area contributed by atoms with Gasteiger partial charge in [0.25, 0.3) is 5.91 Å². The molecule has 1 aromatic rings. The molecule has 0 aliphatic rings. The number of rotatable bonds is 5. The minimum atomic E-state index is -0.907. The quantitative estimate of drug-likeness (QED) is 0.860. The van der Waals surface area contributed by atoms with E-state index in [1.54, 1.807) is 6.92 Å². The fraction of sp³-hybridized carbons (Fsp3) is 0.400. The van der Waals surface area contributed by atoms with Crippen LogP contribution in [0.3, 0.4) is 0 Å². The molecule has 0 bridgehead atoms. The summed E-state index contributed by atoms with van der Waals surface area (Å²) in [6.07, 6.45) is 0.324. The minimum Gasteiger partial charge on any atom is -0.481 e. The van der Waals surface area contributed by atoms with Crippen molar-refractivity contribution >= 4 is 35.1 Å². The zero-order valence-electron chi connectivity index (χ0n) is 9.48. The first-order valence-electron chi connectivity index (χ1n) is 5.11. The van der Waals surface area contributed by atoms with Crippen molar-refractivity contribution in [2.24, 2.45) is 5.92 Å². The van der Waals surface area contributed by atoms with Crippen LogP contribution < -0.4 is 5.32 Å². The number of carbonyl (C=O) groups is 2. The normalized spacial score (nSPS) is 11.9. The molecular formula is C10H11Cl2N3O3. The van der Waals surface area contributed by atoms with Gasteiger partial charge in [-0.05, 0) is 12.5 Å². The summed E-state index contributed by atoms with van der Waals surface area (Å²) in [5.74, 6) is -1.90. The Morgan fingerprint density at radius 2 is 2.11 bits per heavy atom. The van der Waals surface area contributed by atoms with E-state index in [2.05, 4.69) is 15.5 Å². The van der Waals surface area contributed by atoms with Gasteiger partial charge in [-0.3, -0.25) is 9.59 Å². The Morgan fingerprint density at radius 3 is 2.72 bits per heavy atom. The van der Waals surface area contributed by atoms with E-state index in [0.29, 0.717) is 6.42 Å². The lowest BCUT2D eigenvalue weighted by Gasteiger charge is -2.08. The maximum absolute atomic E-state index is 11.7. The lowest BCUT2D eigenvalue weighted by atomic mass is 10.1. The van der Waals surface area contributed by atoms with Crippen molar-refractivity contribution in [2.75, 3.05) is 6.54 Å². The fourth-order valence-corrected chi connectivity index (χ4v) is 1.46. The second-order valence-electron chi connectivity index (χ2n) is 3.66. The largest absolute Gasteiger partial charge is 0.481 e. The van der Waals surface area contributed by atoms with Crippen LogP contribution in [-0.2, 0) is 4.79 Å². The number of carboxylic acids is 1. The molecule has 0 aliphatic heterocycles. The predicted molar refractivity (Wildman–Crippen MR) is 65.8 cm³/mol. The first-order chi connectivity index (χ1) is 8.41. The maximum Gasteiger partial charge on any atom is 0.306 e. The van der Waals surface area contributed by atoms with Gasteiger partial charge in [0, 0.05) is 6.54 Å². The SMILES string of the molecule is CC(CCNC(=O)c1cc(Cl)nnc1Cl)C(=O)O. The molecule has 1 atom stereocenters. The van der Waals surface area contributed by atoms with Crippen LogP contribution in [0, 0.1) is 5.92 Å². The topological polar surface area (TPSA) is 92.2 Å². The number of halogens is 2. The van der Waals surface area contributed by atoms with Crippen molar-refractivity contribution in [3.63, 3.8) is 0 Å². The molecule has 0 spiro atoms. The van der Waals surface area contributed by atoms with E-state index in [-0.39, 0.29) is 22.4 Å². The smallest absolute Gasteiger partial charge is 0.306 e. The number of hydrogen-bond acceptors (Lipinski definition) is 4. The monoisotopic (exact) mass is 291 g/mol. The zero-order valence-corrected chi connectivity index (χ0v) is 11.0. The van der Waals surface area contributed by atoms with Crippen molar-refractivity contribution in [3.05, 3.63) is 21.9 Å². The average Bonchev–Trinajstić information content (AvgIpc) is 2.31. The van der Waals surface area contributed by atoms with Crippen LogP contribution >= 0.6 is 23.2 Å². The van der Waals surface area contributed by atoms with E-state index >= 15 is 0 Å². The highest BCUT2D eigenvalue weighted by Crippen LogP contribution is 2.15. The summed E-state index contributed by atoms with van der Waals surface area (Å²) in [7, 11) is 0. The Labute approximate surface area is 113 Å². The molecule has 98 valence electrons. The Bertz CT molecular complexity index is 468. The first kappa shape index (κ1) is 14.7. The Hall–Kier alpha value is -1.40. The molecule has 0 saturated carbocycles. The molecule has 0 radical (unpaired) electrons. The molecule has 1 aromatic heterocycles. The second-order valence-corrected chi connectivity index (χ2v) is 4.40. The van der Waals surface area contributed by atoms with Crippen LogP contribution in [0.4, 0.5) is 0 Å². The number of hydrogen-bond donors (Lipinski definition) is 2. The van der Waals surface area contributed by atoms with Crippen molar-refractivity contribution in [1.29, 1.82) is 0 Å². The van der Waals surface area contributed by atoms with E-state index < -0.39 is 17.8 Å². The van der Waals surface area contributed by atoms with Crippen molar-refractivity contribution in [2.45, 2.75) is 13.3 Å². The van der Waals surface area contributed by atoms with Gasteiger partial charge in [-0.2, -0.15) is 0 Å². The summed E-state index contributed by atoms with van der Waals surface area (Å²) in [4.78, 5) is 22.3. The maximum atomic E-state index is 11.7. The van der Waals surface area contributed by atoms with E-state index in [1.165, 1.54) is 6.07 Å². The van der Waals surface area contributed by atoms with Gasteiger partial charge < -0.3 is 10.4 Å². The third kappa shape index (κ3) is 4.12. The summed E-state index contributed by atoms with van der Waals surface area (Å²) >= 11 is 11.3. The Kier molecular flexibility index (Phi) is 5.30. The number of amides is 1. The minimum absolute atomic E-state index is 0.0526. The molecule has 2 N–H and O–H groups in total. The van der Waals surface area contributed by atoms with Gasteiger partial charge in [0.2, 0.25) is 0 Å². The highest BCUT2D eigenvalue weighted by atomic mass is 35.5. The summed E-state index contributed by atoms with van der Waals surface area (Å²) in [6.45, 7) is 1.79. The van der Waals surface area contributed by atoms with Gasteiger partial charge in [-0.15, -0.1) is 10.2 Å². The van der Waals surface area contributed by atoms with E-state index in [1.807, 2.05) is 0 Å². The molecule has 1 rings (SSSR count). The van der Waals surface area contributed by atoms with Crippen molar-refractivity contribution in [1.82, 2.24) is 15.5 Å². The number of carboxylic acid groups (broad SMARTS) is 1. The zero-order chi connectivity index (χ0) is 13.7. The van der Waals surface area contributed by atoms with Crippen LogP contribution in [0.5, 0.6) is 0 Å². The van der Waals surface area contributed by atoms with Gasteiger partial charge in [-0.1, -0.05) is 30.1 Å². The first-order valence-corrected chi connectivity index (χ1v) is 5.87. The van der Waals surface area contributed by atoms with Crippen molar-refractivity contribution in [3.8, 4) is 0 Å². The molecule has 8 heteroatoms. The molecule has 0 saturated heterocycles. The number of aliphatic carboxylic acids is 1. The molecular weight excluding hydrogens is 281 g/mol. The van der Waals surface area contributed by atoms with E-state index in [0.717, 1.165) is 0 Å². The summed E-state index contributed by atoms with van der Waals surface area (Å²) in [5.41, 5.74) is 0.111. The van der Waals surface area contributed by atoms with Crippen molar-refractivity contribution < 1.29 is 14.7 Å². The van der Waals surface area contributed by atoms with Crippen LogP contribution in [0.1, 0.15) is 23.7 Å². The van der Waals surface area contributed by atoms with Gasteiger partial charge >= 0.3 is 5.97 Å². The standard InChI is InChI=1S/C10H11Cl2N3O3/c1-5(10(17)18)2-3-13-9(16)6-4-7(11)14-15-8(6)12/h4-5H,2-3H2,1H3,(H,13,16)(H,17,18). The highest BCUT2D eigenvalue weighted by Gasteiger charge is 2.14. The second kappa shape index (κ2) is 6.51. The molecule has 1 heterocycles. The third-order valence-corrected chi connectivity index (χ3v) is 2.71. The fourth-order valence-electron chi connectivity index (χ4n) is 1.13. The van der Waals surface area contributed by atoms with Gasteiger partial charge in [0.1, 0.15) is 0 Å². The molecule has 1 unspecified atom stereocenters. The average molecular weight is 292 g/mol. The van der Waals surface area contributed by atoms with Crippen LogP contribution in [0.15, 0.2) is 6.07 Å². The molecule has 0 fully saturated rings. The lowest BCUT2D eigenvalue weighted by molar-refractivity contribution is -0.141. The number of nitrogens with zero attached hydrogens (tertiary/aromatic N) is 2. The molecule has 0 aromatic carbocycles. The van der Waals surface area contributed by atoms with Crippen LogP contribution in [-0.4, -0.2) is 33.7 Å². The summed E-state index contributed by atoms with van der Waals surface area (Å²) in [5, 5.41) is 18.2. The van der Waals surface area contributed by atoms with Crippen LogP contribution in [0.2, 0.25) is 10.3 Å². The van der Waals surface area contributed by atoms with Gasteiger partial charge in [0.15, 0.2) is 10.3 Å². The predicted octanol–water partition coefficient (Wildman–Crippen LogP) is 1.62. The van der Waals surface area contributed by atoms with Gasteiger partial charge in [0.05, 0.1) is 11.5 Å². The lowest BCUT2D eigenvalue weighted by Crippen LogP contribution is -2.27. The molecule has 6 nitrogen and oxygen atoms in total. The molecule has 18 heavy (non-hydrogen) atoms. The van der Waals surface area contributed by atoms with E-state index in [9.17, 15) is 9.59 Å². The van der Waals surface area contributed by atoms with E-state index in [4.69, 9.17) is 28.3 Å². The third-order valence-electron chi connectivity index (χ3n) is 2.25. The van der Waals surface area contributed by atoms with Crippen LogP contribution in [0.25, 0.3) is 0 Å². The summed E-state index contributed by atoms with van der Waals surface area (Å²) in [6, 6.07) is 1.30. The number of nitrogens with one attached hydrogen (secondary N) is 1. The Balaban J connectivity index is 2.55. The molecule has 0 aliphatic carbocycles.